The Morgan fingerprint density at radius 1 is 1.14 bits per heavy atom. The van der Waals surface area contributed by atoms with Crippen molar-refractivity contribution >= 4 is 16.9 Å². The Hall–Kier alpha value is -2.82. The molecule has 0 fully saturated rings. The average molecular weight is 380 g/mol. The molecular weight excluding hydrogens is 350 g/mol. The first-order valence-electron chi connectivity index (χ1n) is 9.98. The molecule has 0 radical (unpaired) electrons. The van der Waals surface area contributed by atoms with Gasteiger partial charge < -0.3 is 14.6 Å². The Bertz CT molecular complexity index is 926. The predicted octanol–water partition coefficient (Wildman–Crippen LogP) is 4.19. The van der Waals surface area contributed by atoms with Crippen LogP contribution in [-0.2, 0) is 17.8 Å². The van der Waals surface area contributed by atoms with Gasteiger partial charge in [-0.25, -0.2) is 4.98 Å². The minimum Gasteiger partial charge on any atom is -0.492 e. The van der Waals surface area contributed by atoms with Gasteiger partial charge in [0.15, 0.2) is 0 Å². The highest BCUT2D eigenvalue weighted by molar-refractivity contribution is 5.76. The monoisotopic (exact) mass is 379 g/mol. The third-order valence-corrected chi connectivity index (χ3v) is 4.66. The number of aromatic nitrogens is 2. The summed E-state index contributed by atoms with van der Waals surface area (Å²) < 4.78 is 8.20. The number of aryl methyl sites for hydroxylation is 2. The highest BCUT2D eigenvalue weighted by Gasteiger charge is 2.11. The molecule has 1 heterocycles. The minimum absolute atomic E-state index is 0.100. The van der Waals surface area contributed by atoms with Crippen molar-refractivity contribution in [3.63, 3.8) is 0 Å². The van der Waals surface area contributed by atoms with Crippen molar-refractivity contribution in [2.45, 2.75) is 46.6 Å². The molecule has 0 aliphatic heterocycles. The second kappa shape index (κ2) is 9.40. The van der Waals surface area contributed by atoms with E-state index >= 15 is 0 Å². The molecule has 0 spiro atoms. The van der Waals surface area contributed by atoms with Gasteiger partial charge in [-0.3, -0.25) is 4.79 Å². The molecule has 1 aromatic heterocycles. The lowest BCUT2D eigenvalue weighted by atomic mass is 10.1. The fourth-order valence-corrected chi connectivity index (χ4v) is 3.47. The summed E-state index contributed by atoms with van der Waals surface area (Å²) in [7, 11) is 0. The summed E-state index contributed by atoms with van der Waals surface area (Å²) in [5.74, 6) is 1.97. The van der Waals surface area contributed by atoms with Crippen molar-refractivity contribution in [1.82, 2.24) is 14.9 Å². The van der Waals surface area contributed by atoms with Crippen LogP contribution in [0.5, 0.6) is 5.75 Å². The van der Waals surface area contributed by atoms with E-state index in [4.69, 9.17) is 9.72 Å². The number of carbonyl (C=O) groups is 1. The Morgan fingerprint density at radius 2 is 1.89 bits per heavy atom. The Labute approximate surface area is 166 Å². The van der Waals surface area contributed by atoms with E-state index in [1.165, 1.54) is 11.1 Å². The molecule has 3 rings (SSSR count). The fraction of sp³-hybridized carbons (Fsp3) is 0.391. The van der Waals surface area contributed by atoms with Crippen LogP contribution in [0.3, 0.4) is 0 Å². The zero-order valence-corrected chi connectivity index (χ0v) is 17.0. The molecule has 5 heteroatoms. The van der Waals surface area contributed by atoms with Crippen LogP contribution in [-0.4, -0.2) is 28.6 Å². The average Bonchev–Trinajstić information content (AvgIpc) is 2.99. The molecule has 0 unspecified atom stereocenters. The number of imidazole rings is 1. The van der Waals surface area contributed by atoms with Crippen molar-refractivity contribution in [1.29, 1.82) is 0 Å². The van der Waals surface area contributed by atoms with Gasteiger partial charge in [0.2, 0.25) is 5.91 Å². The summed E-state index contributed by atoms with van der Waals surface area (Å²) in [4.78, 5) is 16.5. The number of ether oxygens (including phenoxy) is 1. The summed E-state index contributed by atoms with van der Waals surface area (Å²) >= 11 is 0. The number of rotatable bonds is 9. The molecular formula is C23H29N3O2. The lowest BCUT2D eigenvalue weighted by Gasteiger charge is -2.12. The topological polar surface area (TPSA) is 56.2 Å². The predicted molar refractivity (Wildman–Crippen MR) is 113 cm³/mol. The van der Waals surface area contributed by atoms with Crippen LogP contribution in [0.1, 0.15) is 36.7 Å². The first-order valence-corrected chi connectivity index (χ1v) is 9.98. The van der Waals surface area contributed by atoms with Crippen LogP contribution in [0, 0.1) is 13.8 Å². The number of hydrogen-bond acceptors (Lipinski definition) is 3. The van der Waals surface area contributed by atoms with E-state index in [2.05, 4.69) is 48.0 Å². The highest BCUT2D eigenvalue weighted by Crippen LogP contribution is 2.18. The molecule has 3 aromatic rings. The SMILES string of the molecule is CCCC(=O)NCCc1nc2ccccc2n1CCOc1cc(C)cc(C)c1. The molecule has 0 saturated carbocycles. The molecule has 5 nitrogen and oxygen atoms in total. The van der Waals surface area contributed by atoms with Crippen molar-refractivity contribution in [3.8, 4) is 5.75 Å². The molecule has 1 amide bonds. The Balaban J connectivity index is 1.68. The number of benzene rings is 2. The normalized spacial score (nSPS) is 11.0. The molecule has 148 valence electrons. The maximum Gasteiger partial charge on any atom is 0.219 e. The van der Waals surface area contributed by atoms with E-state index in [1.54, 1.807) is 0 Å². The standard InChI is InChI=1S/C23H29N3O2/c1-4-7-23(27)24-11-10-22-25-20-8-5-6-9-21(20)26(22)12-13-28-19-15-17(2)14-18(3)16-19/h5-6,8-9,14-16H,4,7,10-13H2,1-3H3,(H,24,27). The fourth-order valence-electron chi connectivity index (χ4n) is 3.47. The number of nitrogens with zero attached hydrogens (tertiary/aromatic N) is 2. The van der Waals surface area contributed by atoms with Gasteiger partial charge in [0.1, 0.15) is 18.2 Å². The molecule has 28 heavy (non-hydrogen) atoms. The highest BCUT2D eigenvalue weighted by atomic mass is 16.5. The molecule has 0 saturated heterocycles. The van der Waals surface area contributed by atoms with Crippen LogP contribution in [0.15, 0.2) is 42.5 Å². The van der Waals surface area contributed by atoms with Crippen LogP contribution in [0.2, 0.25) is 0 Å². The largest absolute Gasteiger partial charge is 0.492 e. The number of fused-ring (bicyclic) bond motifs is 1. The van der Waals surface area contributed by atoms with Gasteiger partial charge in [-0.2, -0.15) is 0 Å². The summed E-state index contributed by atoms with van der Waals surface area (Å²) in [6.45, 7) is 8.04. The Morgan fingerprint density at radius 3 is 2.64 bits per heavy atom. The Kier molecular flexibility index (Phi) is 6.69. The smallest absolute Gasteiger partial charge is 0.219 e. The first kappa shape index (κ1) is 19.9. The molecule has 0 atom stereocenters. The minimum atomic E-state index is 0.100. The van der Waals surface area contributed by atoms with E-state index in [1.807, 2.05) is 25.1 Å². The van der Waals surface area contributed by atoms with Crippen molar-refractivity contribution in [3.05, 3.63) is 59.4 Å². The molecule has 2 aromatic carbocycles. The third kappa shape index (κ3) is 5.12. The molecule has 0 bridgehead atoms. The molecule has 0 aliphatic carbocycles. The van der Waals surface area contributed by atoms with E-state index < -0.39 is 0 Å². The van der Waals surface area contributed by atoms with Gasteiger partial charge in [-0.05, 0) is 55.7 Å². The van der Waals surface area contributed by atoms with Gasteiger partial charge in [0, 0.05) is 19.4 Å². The van der Waals surface area contributed by atoms with Crippen LogP contribution >= 0.6 is 0 Å². The van der Waals surface area contributed by atoms with Gasteiger partial charge in [-0.1, -0.05) is 25.1 Å². The van der Waals surface area contributed by atoms with E-state index in [-0.39, 0.29) is 5.91 Å². The number of carbonyl (C=O) groups excluding carboxylic acids is 1. The number of hydrogen-bond donors (Lipinski definition) is 1. The summed E-state index contributed by atoms with van der Waals surface area (Å²) in [6.07, 6.45) is 2.13. The number of para-hydroxylation sites is 2. The zero-order chi connectivity index (χ0) is 19.9. The molecule has 1 N–H and O–H groups in total. The lowest BCUT2D eigenvalue weighted by Crippen LogP contribution is -2.26. The van der Waals surface area contributed by atoms with Crippen LogP contribution < -0.4 is 10.1 Å². The molecule has 0 aliphatic rings. The van der Waals surface area contributed by atoms with E-state index in [9.17, 15) is 4.79 Å². The van der Waals surface area contributed by atoms with Gasteiger partial charge in [0.25, 0.3) is 0 Å². The number of amides is 1. The first-order chi connectivity index (χ1) is 13.6. The maximum absolute atomic E-state index is 11.7. The quantitative estimate of drug-likeness (QED) is 0.606. The van der Waals surface area contributed by atoms with Crippen LogP contribution in [0.25, 0.3) is 11.0 Å². The van der Waals surface area contributed by atoms with Gasteiger partial charge in [0.05, 0.1) is 17.6 Å². The van der Waals surface area contributed by atoms with Crippen molar-refractivity contribution < 1.29 is 9.53 Å². The van der Waals surface area contributed by atoms with Crippen LogP contribution in [0.4, 0.5) is 0 Å². The summed E-state index contributed by atoms with van der Waals surface area (Å²) in [6, 6.07) is 14.4. The lowest BCUT2D eigenvalue weighted by molar-refractivity contribution is -0.121. The second-order valence-corrected chi connectivity index (χ2v) is 7.19. The van der Waals surface area contributed by atoms with Crippen molar-refractivity contribution in [2.24, 2.45) is 0 Å². The third-order valence-electron chi connectivity index (χ3n) is 4.66. The summed E-state index contributed by atoms with van der Waals surface area (Å²) in [5.41, 5.74) is 4.48. The van der Waals surface area contributed by atoms with Gasteiger partial charge >= 0.3 is 0 Å². The summed E-state index contributed by atoms with van der Waals surface area (Å²) in [5, 5.41) is 2.97. The maximum atomic E-state index is 11.7. The second-order valence-electron chi connectivity index (χ2n) is 7.19. The van der Waals surface area contributed by atoms with Crippen molar-refractivity contribution in [2.75, 3.05) is 13.2 Å². The zero-order valence-electron chi connectivity index (χ0n) is 17.0. The van der Waals surface area contributed by atoms with Gasteiger partial charge in [-0.15, -0.1) is 0 Å². The number of nitrogens with one attached hydrogen (secondary N) is 1. The van der Waals surface area contributed by atoms with E-state index in [0.717, 1.165) is 29.0 Å². The van der Waals surface area contributed by atoms with E-state index in [0.29, 0.717) is 32.5 Å².